The number of aromatic amines is 1. The van der Waals surface area contributed by atoms with Crippen molar-refractivity contribution in [1.82, 2.24) is 10.2 Å². The number of carbonyl (C=O) groups is 1. The molecule has 2 aromatic carbocycles. The second-order valence-corrected chi connectivity index (χ2v) is 5.88. The summed E-state index contributed by atoms with van der Waals surface area (Å²) in [7, 11) is 5.06. The largest absolute Gasteiger partial charge is 0.496 e. The van der Waals surface area contributed by atoms with Crippen molar-refractivity contribution in [3.05, 3.63) is 59.9 Å². The Kier molecular flexibility index (Phi) is 4.88. The highest BCUT2D eigenvalue weighted by Crippen LogP contribution is 2.29. The molecule has 0 atom stereocenters. The number of para-hydroxylation sites is 1. The summed E-state index contributed by atoms with van der Waals surface area (Å²) in [6, 6.07) is 13.5. The van der Waals surface area contributed by atoms with E-state index in [0.29, 0.717) is 22.9 Å². The molecule has 0 bridgehead atoms. The summed E-state index contributed by atoms with van der Waals surface area (Å²) in [5, 5.41) is 9.61. The Morgan fingerprint density at radius 1 is 1.19 bits per heavy atom. The minimum Gasteiger partial charge on any atom is -0.496 e. The van der Waals surface area contributed by atoms with E-state index in [1.807, 2.05) is 24.3 Å². The van der Waals surface area contributed by atoms with Crippen molar-refractivity contribution in [2.75, 3.05) is 31.4 Å². The van der Waals surface area contributed by atoms with Crippen molar-refractivity contribution in [2.45, 2.75) is 0 Å². The molecule has 0 aliphatic rings. The van der Waals surface area contributed by atoms with Crippen LogP contribution >= 0.6 is 0 Å². The highest BCUT2D eigenvalue weighted by Gasteiger charge is 2.14. The summed E-state index contributed by atoms with van der Waals surface area (Å²) in [5.41, 5.74) is 2.16. The van der Waals surface area contributed by atoms with Gasteiger partial charge in [0.05, 0.1) is 18.5 Å². The van der Waals surface area contributed by atoms with Gasteiger partial charge in [-0.3, -0.25) is 9.89 Å². The number of ether oxygens (including phenoxy) is 1. The van der Waals surface area contributed by atoms with Gasteiger partial charge >= 0.3 is 0 Å². The number of H-pyrrole nitrogens is 1. The van der Waals surface area contributed by atoms with Gasteiger partial charge in [-0.15, -0.1) is 0 Å². The molecule has 0 aliphatic carbocycles. The molecule has 0 saturated heterocycles. The third-order valence-electron chi connectivity index (χ3n) is 3.91. The molecule has 6 nitrogen and oxygen atoms in total. The molecular weight excluding hydrogens is 335 g/mol. The van der Waals surface area contributed by atoms with Crippen molar-refractivity contribution in [2.24, 2.45) is 0 Å². The summed E-state index contributed by atoms with van der Waals surface area (Å²) >= 11 is 0. The van der Waals surface area contributed by atoms with Crippen molar-refractivity contribution in [1.29, 1.82) is 0 Å². The fourth-order valence-corrected chi connectivity index (χ4v) is 2.59. The molecule has 1 heterocycles. The number of nitrogens with zero attached hydrogens (tertiary/aromatic N) is 2. The Bertz CT molecular complexity index is 937. The Morgan fingerprint density at radius 2 is 1.96 bits per heavy atom. The summed E-state index contributed by atoms with van der Waals surface area (Å²) in [4.78, 5) is 14.0. The van der Waals surface area contributed by atoms with Crippen LogP contribution in [0.2, 0.25) is 0 Å². The molecule has 2 N–H and O–H groups in total. The molecule has 0 unspecified atom stereocenters. The molecule has 26 heavy (non-hydrogen) atoms. The maximum Gasteiger partial charge on any atom is 0.256 e. The van der Waals surface area contributed by atoms with Gasteiger partial charge in [0.15, 0.2) is 5.82 Å². The maximum atomic E-state index is 14.1. The number of hydrogen-bond acceptors (Lipinski definition) is 4. The van der Waals surface area contributed by atoms with Gasteiger partial charge < -0.3 is 15.0 Å². The number of hydrogen-bond donors (Lipinski definition) is 2. The number of rotatable bonds is 5. The van der Waals surface area contributed by atoms with E-state index in [0.717, 1.165) is 5.56 Å². The minimum absolute atomic E-state index is 0.218. The van der Waals surface area contributed by atoms with Crippen molar-refractivity contribution in [3.63, 3.8) is 0 Å². The van der Waals surface area contributed by atoms with Gasteiger partial charge in [-0.1, -0.05) is 12.1 Å². The predicted octanol–water partition coefficient (Wildman–Crippen LogP) is 3.54. The van der Waals surface area contributed by atoms with Gasteiger partial charge in [0.25, 0.3) is 5.91 Å². The van der Waals surface area contributed by atoms with Crippen molar-refractivity contribution >= 4 is 17.4 Å². The first-order valence-corrected chi connectivity index (χ1v) is 7.96. The van der Waals surface area contributed by atoms with Crippen LogP contribution in [0, 0.1) is 5.82 Å². The van der Waals surface area contributed by atoms with E-state index in [9.17, 15) is 9.18 Å². The summed E-state index contributed by atoms with van der Waals surface area (Å²) < 4.78 is 19.4. The Hall–Kier alpha value is -3.35. The predicted molar refractivity (Wildman–Crippen MR) is 99.3 cm³/mol. The van der Waals surface area contributed by atoms with Crippen LogP contribution in [0.1, 0.15) is 10.4 Å². The lowest BCUT2D eigenvalue weighted by atomic mass is 10.1. The lowest BCUT2D eigenvalue weighted by Crippen LogP contribution is -2.15. The van der Waals surface area contributed by atoms with Crippen LogP contribution < -0.4 is 15.0 Å². The second-order valence-electron chi connectivity index (χ2n) is 5.88. The summed E-state index contributed by atoms with van der Waals surface area (Å²) in [6.07, 6.45) is 0. The third-order valence-corrected chi connectivity index (χ3v) is 3.91. The standard InChI is InChI=1S/C19H19FN4O2/c1-24(2)16-9-8-12(10-14(16)20)19(25)21-18-11-15(22-23-18)13-6-4-5-7-17(13)26-3/h4-11H,1-3H3,(H2,21,22,23,25). The Labute approximate surface area is 150 Å². The first-order valence-electron chi connectivity index (χ1n) is 7.96. The number of methoxy groups -OCH3 is 1. The molecule has 1 aromatic heterocycles. The number of amides is 1. The molecule has 0 fully saturated rings. The number of halogens is 1. The van der Waals surface area contributed by atoms with Gasteiger partial charge in [-0.25, -0.2) is 4.39 Å². The van der Waals surface area contributed by atoms with E-state index >= 15 is 0 Å². The van der Waals surface area contributed by atoms with E-state index in [4.69, 9.17) is 4.74 Å². The van der Waals surface area contributed by atoms with Gasteiger partial charge in [-0.05, 0) is 30.3 Å². The van der Waals surface area contributed by atoms with Crippen molar-refractivity contribution < 1.29 is 13.9 Å². The average Bonchev–Trinajstić information content (AvgIpc) is 3.09. The second kappa shape index (κ2) is 7.26. The number of aromatic nitrogens is 2. The van der Waals surface area contributed by atoms with Crippen LogP contribution in [0.5, 0.6) is 5.75 Å². The molecule has 0 aliphatic heterocycles. The summed E-state index contributed by atoms with van der Waals surface area (Å²) in [5.74, 6) is 0.134. The highest BCUT2D eigenvalue weighted by atomic mass is 19.1. The van der Waals surface area contributed by atoms with Crippen LogP contribution in [-0.4, -0.2) is 37.3 Å². The van der Waals surface area contributed by atoms with Gasteiger partial charge in [0.1, 0.15) is 11.6 Å². The van der Waals surface area contributed by atoms with E-state index in [2.05, 4.69) is 15.5 Å². The van der Waals surface area contributed by atoms with Crippen LogP contribution in [0.3, 0.4) is 0 Å². The molecule has 134 valence electrons. The van der Waals surface area contributed by atoms with E-state index < -0.39 is 11.7 Å². The number of nitrogens with one attached hydrogen (secondary N) is 2. The number of benzene rings is 2. The molecule has 0 spiro atoms. The lowest BCUT2D eigenvalue weighted by molar-refractivity contribution is 0.102. The van der Waals surface area contributed by atoms with Gasteiger partial charge in [-0.2, -0.15) is 5.10 Å². The monoisotopic (exact) mass is 354 g/mol. The zero-order valence-electron chi connectivity index (χ0n) is 14.7. The normalized spacial score (nSPS) is 10.5. The quantitative estimate of drug-likeness (QED) is 0.735. The first kappa shape index (κ1) is 17.5. The molecule has 3 aromatic rings. The fraction of sp³-hybridized carbons (Fsp3) is 0.158. The molecular formula is C19H19FN4O2. The van der Waals surface area contributed by atoms with Crippen LogP contribution in [0.15, 0.2) is 48.5 Å². The molecule has 3 rings (SSSR count). The number of anilines is 2. The number of carbonyl (C=O) groups excluding carboxylic acids is 1. The average molecular weight is 354 g/mol. The molecule has 0 saturated carbocycles. The lowest BCUT2D eigenvalue weighted by Gasteiger charge is -2.13. The highest BCUT2D eigenvalue weighted by molar-refractivity contribution is 6.04. The first-order chi connectivity index (χ1) is 12.5. The van der Waals surface area contributed by atoms with E-state index in [1.54, 1.807) is 44.3 Å². The van der Waals surface area contributed by atoms with Crippen LogP contribution in [-0.2, 0) is 0 Å². The summed E-state index contributed by atoms with van der Waals surface area (Å²) in [6.45, 7) is 0. The van der Waals surface area contributed by atoms with Crippen LogP contribution in [0.25, 0.3) is 11.3 Å². The van der Waals surface area contributed by atoms with E-state index in [1.165, 1.54) is 6.07 Å². The van der Waals surface area contributed by atoms with Gasteiger partial charge in [0, 0.05) is 31.3 Å². The van der Waals surface area contributed by atoms with Gasteiger partial charge in [0.2, 0.25) is 0 Å². The fourth-order valence-electron chi connectivity index (χ4n) is 2.59. The zero-order chi connectivity index (χ0) is 18.7. The topological polar surface area (TPSA) is 70.2 Å². The van der Waals surface area contributed by atoms with E-state index in [-0.39, 0.29) is 5.56 Å². The smallest absolute Gasteiger partial charge is 0.256 e. The molecule has 0 radical (unpaired) electrons. The van der Waals surface area contributed by atoms with Crippen molar-refractivity contribution in [3.8, 4) is 17.0 Å². The SMILES string of the molecule is COc1ccccc1-c1cc(NC(=O)c2ccc(N(C)C)c(F)c2)n[nH]1. The Morgan fingerprint density at radius 3 is 2.65 bits per heavy atom. The Balaban J connectivity index is 1.79. The third kappa shape index (κ3) is 3.51. The maximum absolute atomic E-state index is 14.1. The molecule has 1 amide bonds. The van der Waals surface area contributed by atoms with Crippen LogP contribution in [0.4, 0.5) is 15.9 Å². The minimum atomic E-state index is -0.459. The zero-order valence-corrected chi connectivity index (χ0v) is 14.7. The molecule has 7 heteroatoms.